The predicted molar refractivity (Wildman–Crippen MR) is 79.6 cm³/mol. The molecule has 0 saturated carbocycles. The summed E-state index contributed by atoms with van der Waals surface area (Å²) >= 11 is 17.8. The van der Waals surface area contributed by atoms with Gasteiger partial charge in [-0.2, -0.15) is 0 Å². The number of hydrogen-bond acceptors (Lipinski definition) is 2. The van der Waals surface area contributed by atoms with Crippen molar-refractivity contribution < 1.29 is 0 Å². The normalized spacial score (nSPS) is 11.8. The Morgan fingerprint density at radius 3 is 2.39 bits per heavy atom. The summed E-state index contributed by atoms with van der Waals surface area (Å²) in [5.74, 6) is 6.23. The van der Waals surface area contributed by atoms with Crippen LogP contribution in [0.1, 0.15) is 13.8 Å². The van der Waals surface area contributed by atoms with Crippen LogP contribution in [0.2, 0.25) is 15.1 Å². The van der Waals surface area contributed by atoms with Gasteiger partial charge in [0.25, 0.3) is 0 Å². The Labute approximate surface area is 121 Å². The lowest BCUT2D eigenvalue weighted by Crippen LogP contribution is -2.36. The molecule has 0 heterocycles. The number of hydrazine groups is 1. The average Bonchev–Trinajstić information content (AvgIpc) is 2.30. The van der Waals surface area contributed by atoms with E-state index in [1.165, 1.54) is 0 Å². The van der Waals surface area contributed by atoms with E-state index in [1.54, 1.807) is 12.1 Å². The number of guanidine groups is 1. The Kier molecular flexibility index (Phi) is 6.02. The van der Waals surface area contributed by atoms with Gasteiger partial charge in [-0.3, -0.25) is 10.4 Å². The van der Waals surface area contributed by atoms with E-state index >= 15 is 0 Å². The second-order valence-corrected chi connectivity index (χ2v) is 5.32. The van der Waals surface area contributed by atoms with Crippen molar-refractivity contribution in [2.24, 2.45) is 16.8 Å². The predicted octanol–water partition coefficient (Wildman–Crippen LogP) is 3.53. The number of nitrogens with two attached hydrogens (primary N) is 1. The van der Waals surface area contributed by atoms with Crippen LogP contribution in [0.3, 0.4) is 0 Å². The third-order valence-electron chi connectivity index (χ3n) is 2.01. The largest absolute Gasteiger partial charge is 0.324 e. The van der Waals surface area contributed by atoms with Gasteiger partial charge in [-0.15, -0.1) is 0 Å². The quantitative estimate of drug-likeness (QED) is 0.263. The first-order valence-electron chi connectivity index (χ1n) is 5.36. The summed E-state index contributed by atoms with van der Waals surface area (Å²) in [6.07, 6.45) is 0. The van der Waals surface area contributed by atoms with Crippen LogP contribution in [-0.4, -0.2) is 12.5 Å². The molecule has 1 aromatic rings. The molecule has 0 aromatic heterocycles. The molecule has 1 aromatic carbocycles. The van der Waals surface area contributed by atoms with Gasteiger partial charge in [0.1, 0.15) is 0 Å². The zero-order valence-corrected chi connectivity index (χ0v) is 12.4. The van der Waals surface area contributed by atoms with Crippen LogP contribution < -0.4 is 16.6 Å². The molecular formula is C11H15Cl3N4. The lowest BCUT2D eigenvalue weighted by atomic mass is 10.2. The van der Waals surface area contributed by atoms with Crippen molar-refractivity contribution in [3.63, 3.8) is 0 Å². The second kappa shape index (κ2) is 7.04. The van der Waals surface area contributed by atoms with E-state index in [2.05, 4.69) is 29.6 Å². The molecule has 0 saturated heterocycles. The summed E-state index contributed by atoms with van der Waals surface area (Å²) in [5, 5.41) is 4.20. The summed E-state index contributed by atoms with van der Waals surface area (Å²) in [7, 11) is 0. The minimum Gasteiger partial charge on any atom is -0.324 e. The van der Waals surface area contributed by atoms with Crippen molar-refractivity contribution in [3.8, 4) is 0 Å². The fourth-order valence-electron chi connectivity index (χ4n) is 1.14. The highest BCUT2D eigenvalue weighted by atomic mass is 35.5. The van der Waals surface area contributed by atoms with Gasteiger partial charge in [0, 0.05) is 6.54 Å². The number of halogens is 3. The smallest absolute Gasteiger partial charge is 0.210 e. The summed E-state index contributed by atoms with van der Waals surface area (Å²) < 4.78 is 0. The van der Waals surface area contributed by atoms with E-state index in [0.717, 1.165) is 0 Å². The number of aliphatic imine (C=N–C) groups is 1. The van der Waals surface area contributed by atoms with Gasteiger partial charge >= 0.3 is 0 Å². The summed E-state index contributed by atoms with van der Waals surface area (Å²) in [4.78, 5) is 4.26. The van der Waals surface area contributed by atoms with Gasteiger partial charge < -0.3 is 5.32 Å². The van der Waals surface area contributed by atoms with Crippen LogP contribution in [0.15, 0.2) is 17.1 Å². The molecule has 0 bridgehead atoms. The number of anilines is 1. The van der Waals surface area contributed by atoms with E-state index in [4.69, 9.17) is 40.6 Å². The highest BCUT2D eigenvalue weighted by Gasteiger charge is 2.07. The van der Waals surface area contributed by atoms with E-state index in [0.29, 0.717) is 39.2 Å². The van der Waals surface area contributed by atoms with E-state index in [9.17, 15) is 0 Å². The fourth-order valence-corrected chi connectivity index (χ4v) is 1.74. The number of rotatable bonds is 3. The summed E-state index contributed by atoms with van der Waals surface area (Å²) in [5.41, 5.74) is 3.06. The zero-order valence-electron chi connectivity index (χ0n) is 10.1. The molecule has 0 aliphatic heterocycles. The van der Waals surface area contributed by atoms with Crippen LogP contribution >= 0.6 is 34.8 Å². The highest BCUT2D eigenvalue weighted by Crippen LogP contribution is 2.32. The third-order valence-corrected chi connectivity index (χ3v) is 3.05. The molecule has 0 atom stereocenters. The SMILES string of the molecule is CC(C)CN=C(NN)Nc1cc(Cl)c(Cl)cc1Cl. The first-order chi connectivity index (χ1) is 8.43. The third kappa shape index (κ3) is 4.53. The fraction of sp³-hybridized carbons (Fsp3) is 0.364. The monoisotopic (exact) mass is 308 g/mol. The van der Waals surface area contributed by atoms with Crippen LogP contribution in [0.25, 0.3) is 0 Å². The summed E-state index contributed by atoms with van der Waals surface area (Å²) in [6, 6.07) is 3.18. The average molecular weight is 310 g/mol. The second-order valence-electron chi connectivity index (χ2n) is 4.10. The van der Waals surface area contributed by atoms with Crippen molar-refractivity contribution in [1.29, 1.82) is 0 Å². The molecule has 0 spiro atoms. The molecule has 7 heteroatoms. The molecule has 1 rings (SSSR count). The van der Waals surface area contributed by atoms with Crippen molar-refractivity contribution >= 4 is 46.4 Å². The standard InChI is InChI=1S/C11H15Cl3N4/c1-6(2)5-16-11(18-15)17-10-4-8(13)7(12)3-9(10)14/h3-4,6H,5,15H2,1-2H3,(H2,16,17,18). The van der Waals surface area contributed by atoms with Gasteiger partial charge in [-0.25, -0.2) is 5.84 Å². The van der Waals surface area contributed by atoms with Gasteiger partial charge in [-0.1, -0.05) is 48.7 Å². The van der Waals surface area contributed by atoms with Gasteiger partial charge in [-0.05, 0) is 18.1 Å². The molecule has 4 N–H and O–H groups in total. The van der Waals surface area contributed by atoms with Crippen molar-refractivity contribution in [3.05, 3.63) is 27.2 Å². The Morgan fingerprint density at radius 1 is 1.22 bits per heavy atom. The van der Waals surface area contributed by atoms with Gasteiger partial charge in [0.15, 0.2) is 0 Å². The molecule has 0 aliphatic carbocycles. The maximum atomic E-state index is 6.04. The maximum absolute atomic E-state index is 6.04. The van der Waals surface area contributed by atoms with Crippen molar-refractivity contribution in [2.75, 3.05) is 11.9 Å². The van der Waals surface area contributed by atoms with Crippen LogP contribution in [0.5, 0.6) is 0 Å². The Balaban J connectivity index is 2.88. The van der Waals surface area contributed by atoms with Crippen molar-refractivity contribution in [1.82, 2.24) is 5.43 Å². The Bertz CT molecular complexity index is 446. The minimum absolute atomic E-state index is 0.397. The molecule has 18 heavy (non-hydrogen) atoms. The molecular weight excluding hydrogens is 295 g/mol. The molecule has 4 nitrogen and oxygen atoms in total. The molecule has 0 fully saturated rings. The zero-order chi connectivity index (χ0) is 13.7. The Hall–Kier alpha value is -0.680. The van der Waals surface area contributed by atoms with E-state index in [-0.39, 0.29) is 0 Å². The van der Waals surface area contributed by atoms with Gasteiger partial charge in [0.2, 0.25) is 5.96 Å². The lowest BCUT2D eigenvalue weighted by Gasteiger charge is -2.12. The van der Waals surface area contributed by atoms with Gasteiger partial charge in [0.05, 0.1) is 20.8 Å². The molecule has 100 valence electrons. The highest BCUT2D eigenvalue weighted by molar-refractivity contribution is 6.44. The number of nitrogens with one attached hydrogen (secondary N) is 2. The first-order valence-corrected chi connectivity index (χ1v) is 6.50. The van der Waals surface area contributed by atoms with Crippen LogP contribution in [0.4, 0.5) is 5.69 Å². The van der Waals surface area contributed by atoms with E-state index < -0.39 is 0 Å². The topological polar surface area (TPSA) is 62.4 Å². The number of hydrogen-bond donors (Lipinski definition) is 3. The first kappa shape index (κ1) is 15.4. The lowest BCUT2D eigenvalue weighted by molar-refractivity contribution is 0.663. The molecule has 0 aliphatic rings. The number of benzene rings is 1. The van der Waals surface area contributed by atoms with Crippen LogP contribution in [-0.2, 0) is 0 Å². The molecule has 0 radical (unpaired) electrons. The maximum Gasteiger partial charge on any atom is 0.210 e. The molecule has 0 unspecified atom stereocenters. The Morgan fingerprint density at radius 2 is 1.83 bits per heavy atom. The molecule has 0 amide bonds. The summed E-state index contributed by atoms with van der Waals surface area (Å²) in [6.45, 7) is 4.76. The van der Waals surface area contributed by atoms with Crippen molar-refractivity contribution in [2.45, 2.75) is 13.8 Å². The minimum atomic E-state index is 0.397. The van der Waals surface area contributed by atoms with Crippen LogP contribution in [0, 0.1) is 5.92 Å². The van der Waals surface area contributed by atoms with E-state index in [1.807, 2.05) is 0 Å². The number of nitrogens with zero attached hydrogens (tertiary/aromatic N) is 1.